The van der Waals surface area contributed by atoms with E-state index in [0.717, 1.165) is 12.2 Å². The molecule has 0 amide bonds. The number of methoxy groups -OCH3 is 1. The van der Waals surface area contributed by atoms with E-state index in [4.69, 9.17) is 5.73 Å². The van der Waals surface area contributed by atoms with Gasteiger partial charge in [0.05, 0.1) is 30.6 Å². The van der Waals surface area contributed by atoms with Crippen LogP contribution < -0.4 is 11.1 Å². The third kappa shape index (κ3) is 3.25. The summed E-state index contributed by atoms with van der Waals surface area (Å²) in [6.45, 7) is 1.38. The smallest absolute Gasteiger partial charge is 0.337 e. The van der Waals surface area contributed by atoms with E-state index in [1.54, 1.807) is 24.4 Å². The Morgan fingerprint density at radius 1 is 1.53 bits per heavy atom. The van der Waals surface area contributed by atoms with Gasteiger partial charge in [-0.25, -0.2) is 4.79 Å². The molecule has 0 bridgehead atoms. The molecule has 2 aromatic rings. The first-order chi connectivity index (χ1) is 9.20. The zero-order chi connectivity index (χ0) is 13.7. The van der Waals surface area contributed by atoms with Crippen LogP contribution in [0.25, 0.3) is 0 Å². The average molecular weight is 260 g/mol. The highest BCUT2D eigenvalue weighted by Gasteiger charge is 2.08. The predicted molar refractivity (Wildman–Crippen MR) is 72.9 cm³/mol. The zero-order valence-electron chi connectivity index (χ0n) is 10.7. The molecule has 2 rings (SSSR count). The molecule has 0 fully saturated rings. The molecule has 6 heteroatoms. The molecule has 0 aliphatic carbocycles. The monoisotopic (exact) mass is 260 g/mol. The number of rotatable bonds is 5. The summed E-state index contributed by atoms with van der Waals surface area (Å²) < 4.78 is 6.49. The number of carbonyl (C=O) groups is 1. The number of nitrogens with one attached hydrogen (secondary N) is 1. The van der Waals surface area contributed by atoms with Crippen molar-refractivity contribution in [3.05, 3.63) is 42.2 Å². The summed E-state index contributed by atoms with van der Waals surface area (Å²) in [6, 6.07) is 6.87. The highest BCUT2D eigenvalue weighted by Crippen LogP contribution is 2.20. The second-order valence-corrected chi connectivity index (χ2v) is 3.99. The number of hydrogen-bond donors (Lipinski definition) is 2. The lowest BCUT2D eigenvalue weighted by molar-refractivity contribution is 0.0601. The molecule has 0 spiro atoms. The molecule has 1 aromatic carbocycles. The first kappa shape index (κ1) is 12.9. The lowest BCUT2D eigenvalue weighted by Crippen LogP contribution is -2.12. The van der Waals surface area contributed by atoms with E-state index in [-0.39, 0.29) is 5.97 Å². The highest BCUT2D eigenvalue weighted by molar-refractivity contribution is 5.91. The Balaban J connectivity index is 2.00. The minimum atomic E-state index is -0.380. The van der Waals surface area contributed by atoms with E-state index < -0.39 is 0 Å². The number of nitrogens with two attached hydrogens (primary N) is 1. The number of anilines is 2. The molecule has 1 aromatic heterocycles. The minimum Gasteiger partial charge on any atom is -0.465 e. The van der Waals surface area contributed by atoms with Crippen molar-refractivity contribution >= 4 is 17.3 Å². The number of carbonyl (C=O) groups excluding carboxylic acids is 1. The first-order valence-electron chi connectivity index (χ1n) is 5.90. The van der Waals surface area contributed by atoms with Crippen molar-refractivity contribution in [2.24, 2.45) is 0 Å². The lowest BCUT2D eigenvalue weighted by atomic mass is 10.1. The highest BCUT2D eigenvalue weighted by atomic mass is 16.5. The summed E-state index contributed by atoms with van der Waals surface area (Å²) in [7, 11) is 1.35. The van der Waals surface area contributed by atoms with Crippen LogP contribution in [0.1, 0.15) is 10.4 Å². The second-order valence-electron chi connectivity index (χ2n) is 3.99. The Morgan fingerprint density at radius 2 is 2.37 bits per heavy atom. The Labute approximate surface area is 111 Å². The van der Waals surface area contributed by atoms with Crippen LogP contribution in [-0.2, 0) is 11.3 Å². The van der Waals surface area contributed by atoms with Gasteiger partial charge in [-0.1, -0.05) is 0 Å². The number of nitrogen functional groups attached to an aromatic ring is 1. The molecule has 0 saturated heterocycles. The predicted octanol–water partition coefficient (Wildman–Crippen LogP) is 1.36. The summed E-state index contributed by atoms with van der Waals surface area (Å²) in [5.74, 6) is -0.380. The zero-order valence-corrected chi connectivity index (χ0v) is 10.7. The molecule has 0 aliphatic rings. The van der Waals surface area contributed by atoms with Gasteiger partial charge in [-0.3, -0.25) is 4.68 Å². The van der Waals surface area contributed by atoms with E-state index >= 15 is 0 Å². The van der Waals surface area contributed by atoms with Gasteiger partial charge in [-0.15, -0.1) is 0 Å². The summed E-state index contributed by atoms with van der Waals surface area (Å²) in [5.41, 5.74) is 7.63. The van der Waals surface area contributed by atoms with Gasteiger partial charge in [0.15, 0.2) is 0 Å². The summed E-state index contributed by atoms with van der Waals surface area (Å²) in [5, 5.41) is 7.28. The Hall–Kier alpha value is -2.50. The quantitative estimate of drug-likeness (QED) is 0.626. The Bertz CT molecular complexity index is 552. The summed E-state index contributed by atoms with van der Waals surface area (Å²) in [6.07, 6.45) is 3.61. The topological polar surface area (TPSA) is 82.2 Å². The van der Waals surface area contributed by atoms with Gasteiger partial charge in [0, 0.05) is 18.9 Å². The fourth-order valence-electron chi connectivity index (χ4n) is 1.69. The minimum absolute atomic E-state index is 0.380. The van der Waals surface area contributed by atoms with Crippen LogP contribution in [0.2, 0.25) is 0 Å². The normalized spacial score (nSPS) is 10.2. The number of ether oxygens (including phenoxy) is 1. The molecule has 0 aliphatic heterocycles. The summed E-state index contributed by atoms with van der Waals surface area (Å²) in [4.78, 5) is 11.4. The second kappa shape index (κ2) is 5.90. The molecule has 0 unspecified atom stereocenters. The molecule has 3 N–H and O–H groups in total. The fraction of sp³-hybridized carbons (Fsp3) is 0.231. The average Bonchev–Trinajstić information content (AvgIpc) is 2.93. The van der Waals surface area contributed by atoms with Gasteiger partial charge in [-0.05, 0) is 24.3 Å². The van der Waals surface area contributed by atoms with E-state index in [1.165, 1.54) is 7.11 Å². The maximum atomic E-state index is 11.4. The standard InChI is InChI=1S/C13H16N4O2/c1-19-13(18)10-3-4-11(14)12(9-10)15-6-8-17-7-2-5-16-17/h2-5,7,9,15H,6,8,14H2,1H3. The van der Waals surface area contributed by atoms with Crippen LogP contribution >= 0.6 is 0 Å². The Kier molecular flexibility index (Phi) is 4.02. The first-order valence-corrected chi connectivity index (χ1v) is 5.90. The molecule has 0 saturated carbocycles. The lowest BCUT2D eigenvalue weighted by Gasteiger charge is -2.10. The maximum absolute atomic E-state index is 11.4. The molecule has 100 valence electrons. The van der Waals surface area contributed by atoms with Crippen molar-refractivity contribution in [1.82, 2.24) is 9.78 Å². The van der Waals surface area contributed by atoms with Gasteiger partial charge in [0.2, 0.25) is 0 Å². The molecule has 0 radical (unpaired) electrons. The number of aromatic nitrogens is 2. The Morgan fingerprint density at radius 3 is 3.05 bits per heavy atom. The SMILES string of the molecule is COC(=O)c1ccc(N)c(NCCn2cccn2)c1. The van der Waals surface area contributed by atoms with Crippen molar-refractivity contribution in [1.29, 1.82) is 0 Å². The molecule has 0 atom stereocenters. The third-order valence-corrected chi connectivity index (χ3v) is 2.69. The fourth-order valence-corrected chi connectivity index (χ4v) is 1.69. The van der Waals surface area contributed by atoms with Crippen LogP contribution in [0.5, 0.6) is 0 Å². The summed E-state index contributed by atoms with van der Waals surface area (Å²) >= 11 is 0. The van der Waals surface area contributed by atoms with Crippen LogP contribution in [0.15, 0.2) is 36.7 Å². The van der Waals surface area contributed by atoms with Crippen LogP contribution in [0, 0.1) is 0 Å². The third-order valence-electron chi connectivity index (χ3n) is 2.69. The van der Waals surface area contributed by atoms with Gasteiger partial charge in [0.1, 0.15) is 0 Å². The molecule has 19 heavy (non-hydrogen) atoms. The number of nitrogens with zero attached hydrogens (tertiary/aromatic N) is 2. The molecule has 6 nitrogen and oxygen atoms in total. The number of esters is 1. The van der Waals surface area contributed by atoms with Crippen LogP contribution in [0.4, 0.5) is 11.4 Å². The largest absolute Gasteiger partial charge is 0.465 e. The van der Waals surface area contributed by atoms with Crippen molar-refractivity contribution in [2.45, 2.75) is 6.54 Å². The van der Waals surface area contributed by atoms with E-state index in [9.17, 15) is 4.79 Å². The van der Waals surface area contributed by atoms with Crippen molar-refractivity contribution in [3.63, 3.8) is 0 Å². The van der Waals surface area contributed by atoms with Gasteiger partial charge >= 0.3 is 5.97 Å². The van der Waals surface area contributed by atoms with E-state index in [0.29, 0.717) is 17.8 Å². The van der Waals surface area contributed by atoms with Gasteiger partial charge < -0.3 is 15.8 Å². The van der Waals surface area contributed by atoms with E-state index in [1.807, 2.05) is 16.9 Å². The number of benzene rings is 1. The van der Waals surface area contributed by atoms with Crippen LogP contribution in [0.3, 0.4) is 0 Å². The van der Waals surface area contributed by atoms with Crippen molar-refractivity contribution in [2.75, 3.05) is 24.7 Å². The molecular weight excluding hydrogens is 244 g/mol. The van der Waals surface area contributed by atoms with Gasteiger partial charge in [-0.2, -0.15) is 5.10 Å². The molecule has 1 heterocycles. The van der Waals surface area contributed by atoms with Gasteiger partial charge in [0.25, 0.3) is 0 Å². The van der Waals surface area contributed by atoms with E-state index in [2.05, 4.69) is 15.2 Å². The number of hydrogen-bond acceptors (Lipinski definition) is 5. The molecular formula is C13H16N4O2. The van der Waals surface area contributed by atoms with Crippen molar-refractivity contribution < 1.29 is 9.53 Å². The van der Waals surface area contributed by atoms with Crippen LogP contribution in [-0.4, -0.2) is 29.4 Å². The maximum Gasteiger partial charge on any atom is 0.337 e. The van der Waals surface area contributed by atoms with Crippen molar-refractivity contribution in [3.8, 4) is 0 Å².